The van der Waals surface area contributed by atoms with Crippen LogP contribution in [0.5, 0.6) is 0 Å². The van der Waals surface area contributed by atoms with Gasteiger partial charge in [0.15, 0.2) is 0 Å². The Labute approximate surface area is 86.9 Å². The average molecular weight is 219 g/mol. The normalized spacial score (nSPS) is 10.3. The van der Waals surface area contributed by atoms with E-state index in [1.54, 1.807) is 11.9 Å². The lowest BCUT2D eigenvalue weighted by Gasteiger charge is -2.20. The van der Waals surface area contributed by atoms with Crippen molar-refractivity contribution in [3.8, 4) is 0 Å². The number of rotatable bonds is 3. The van der Waals surface area contributed by atoms with Crippen LogP contribution in [0, 0.1) is 5.82 Å². The minimum Gasteiger partial charge on any atom is -0.397 e. The topological polar surface area (TPSA) is 49.5 Å². The number of anilines is 2. The van der Waals surface area contributed by atoms with Gasteiger partial charge < -0.3 is 15.7 Å². The fraction of sp³-hybridized carbons (Fsp3) is 0.333. The van der Waals surface area contributed by atoms with Crippen molar-refractivity contribution >= 4 is 23.0 Å². The van der Waals surface area contributed by atoms with Crippen molar-refractivity contribution in [3.63, 3.8) is 0 Å². The summed E-state index contributed by atoms with van der Waals surface area (Å²) in [6, 6.07) is 2.62. The molecular weight excluding hydrogens is 207 g/mol. The largest absolute Gasteiger partial charge is 0.397 e. The lowest BCUT2D eigenvalue weighted by Crippen LogP contribution is -2.22. The highest BCUT2D eigenvalue weighted by atomic mass is 35.5. The highest BCUT2D eigenvalue weighted by molar-refractivity contribution is 6.31. The molecule has 0 saturated carbocycles. The van der Waals surface area contributed by atoms with Crippen LogP contribution in [0.4, 0.5) is 15.8 Å². The summed E-state index contributed by atoms with van der Waals surface area (Å²) >= 11 is 5.54. The van der Waals surface area contributed by atoms with Gasteiger partial charge >= 0.3 is 0 Å². The van der Waals surface area contributed by atoms with E-state index in [1.165, 1.54) is 12.1 Å². The zero-order valence-electron chi connectivity index (χ0n) is 7.80. The average Bonchev–Trinajstić information content (AvgIpc) is 2.11. The molecule has 0 unspecified atom stereocenters. The first kappa shape index (κ1) is 11.1. The van der Waals surface area contributed by atoms with E-state index in [0.29, 0.717) is 17.9 Å². The third kappa shape index (κ3) is 2.27. The van der Waals surface area contributed by atoms with Crippen LogP contribution in [-0.2, 0) is 0 Å². The molecule has 0 aliphatic rings. The van der Waals surface area contributed by atoms with Crippen LogP contribution in [0.25, 0.3) is 0 Å². The number of nitrogens with two attached hydrogens (primary N) is 1. The number of nitrogens with zero attached hydrogens (tertiary/aromatic N) is 1. The van der Waals surface area contributed by atoms with Gasteiger partial charge in [-0.25, -0.2) is 4.39 Å². The zero-order valence-corrected chi connectivity index (χ0v) is 8.55. The third-order valence-electron chi connectivity index (χ3n) is 1.92. The summed E-state index contributed by atoms with van der Waals surface area (Å²) < 4.78 is 13.1. The number of hydrogen-bond acceptors (Lipinski definition) is 3. The van der Waals surface area contributed by atoms with Gasteiger partial charge in [0.05, 0.1) is 23.0 Å². The number of halogens is 2. The SMILES string of the molecule is CN(CCO)c1cc(F)c(Cl)cc1N. The fourth-order valence-electron chi connectivity index (χ4n) is 1.15. The Morgan fingerprint density at radius 2 is 2.21 bits per heavy atom. The molecule has 3 nitrogen and oxygen atoms in total. The quantitative estimate of drug-likeness (QED) is 0.756. The third-order valence-corrected chi connectivity index (χ3v) is 2.21. The summed E-state index contributed by atoms with van der Waals surface area (Å²) in [5.74, 6) is -0.513. The summed E-state index contributed by atoms with van der Waals surface area (Å²) in [6.45, 7) is 0.380. The minimum absolute atomic E-state index is 0.00338. The monoisotopic (exact) mass is 218 g/mol. The Balaban J connectivity index is 3.02. The van der Waals surface area contributed by atoms with E-state index < -0.39 is 5.82 Å². The van der Waals surface area contributed by atoms with Crippen LogP contribution < -0.4 is 10.6 Å². The Hall–Kier alpha value is -1.00. The highest BCUT2D eigenvalue weighted by Gasteiger charge is 2.09. The first-order valence-corrected chi connectivity index (χ1v) is 4.50. The number of benzene rings is 1. The maximum atomic E-state index is 13.1. The standard InChI is InChI=1S/C9H12ClFN2O/c1-13(2-3-14)9-5-7(11)6(10)4-8(9)12/h4-5,14H,2-3,12H2,1H3. The molecule has 0 bridgehead atoms. The van der Waals surface area contributed by atoms with Crippen molar-refractivity contribution in [2.75, 3.05) is 30.8 Å². The number of aliphatic hydroxyl groups is 1. The van der Waals surface area contributed by atoms with E-state index in [0.717, 1.165) is 0 Å². The molecule has 5 heteroatoms. The molecule has 0 atom stereocenters. The number of aliphatic hydroxyl groups excluding tert-OH is 1. The Morgan fingerprint density at radius 3 is 2.79 bits per heavy atom. The predicted molar refractivity (Wildman–Crippen MR) is 56.2 cm³/mol. The van der Waals surface area contributed by atoms with Gasteiger partial charge in [0.2, 0.25) is 0 Å². The van der Waals surface area contributed by atoms with Gasteiger partial charge in [0.25, 0.3) is 0 Å². The second kappa shape index (κ2) is 4.48. The molecular formula is C9H12ClFN2O. The van der Waals surface area contributed by atoms with Crippen LogP contribution in [0.15, 0.2) is 12.1 Å². The Bertz CT molecular complexity index is 333. The second-order valence-electron chi connectivity index (χ2n) is 2.97. The maximum absolute atomic E-state index is 13.1. The van der Waals surface area contributed by atoms with E-state index in [1.807, 2.05) is 0 Å². The molecule has 0 spiro atoms. The van der Waals surface area contributed by atoms with Crippen molar-refractivity contribution in [1.82, 2.24) is 0 Å². The van der Waals surface area contributed by atoms with Gasteiger partial charge in [0, 0.05) is 19.7 Å². The number of nitrogen functional groups attached to an aromatic ring is 1. The molecule has 1 aromatic carbocycles. The molecule has 0 amide bonds. The van der Waals surface area contributed by atoms with Gasteiger partial charge in [0.1, 0.15) is 5.82 Å². The van der Waals surface area contributed by atoms with Crippen LogP contribution in [0.3, 0.4) is 0 Å². The molecule has 1 aromatic rings. The number of hydrogen-bond donors (Lipinski definition) is 2. The lowest BCUT2D eigenvalue weighted by molar-refractivity contribution is 0.304. The maximum Gasteiger partial charge on any atom is 0.144 e. The molecule has 78 valence electrons. The fourth-order valence-corrected chi connectivity index (χ4v) is 1.32. The van der Waals surface area contributed by atoms with Crippen molar-refractivity contribution in [1.29, 1.82) is 0 Å². The smallest absolute Gasteiger partial charge is 0.144 e. The molecule has 0 aliphatic carbocycles. The Kier molecular flexibility index (Phi) is 3.55. The zero-order chi connectivity index (χ0) is 10.7. The first-order chi connectivity index (χ1) is 6.56. The van der Waals surface area contributed by atoms with Crippen molar-refractivity contribution in [3.05, 3.63) is 23.0 Å². The van der Waals surface area contributed by atoms with Gasteiger partial charge in [-0.1, -0.05) is 11.6 Å². The van der Waals surface area contributed by atoms with Crippen molar-refractivity contribution in [2.45, 2.75) is 0 Å². The summed E-state index contributed by atoms with van der Waals surface area (Å²) in [7, 11) is 1.72. The van der Waals surface area contributed by atoms with Crippen LogP contribution in [0.2, 0.25) is 5.02 Å². The molecule has 3 N–H and O–H groups in total. The van der Waals surface area contributed by atoms with Crippen LogP contribution >= 0.6 is 11.6 Å². The molecule has 0 fully saturated rings. The molecule has 14 heavy (non-hydrogen) atoms. The van der Waals surface area contributed by atoms with Crippen LogP contribution in [0.1, 0.15) is 0 Å². The summed E-state index contributed by atoms with van der Waals surface area (Å²) in [4.78, 5) is 1.66. The van der Waals surface area contributed by atoms with Crippen molar-refractivity contribution in [2.24, 2.45) is 0 Å². The Morgan fingerprint density at radius 1 is 1.57 bits per heavy atom. The molecule has 0 aromatic heterocycles. The molecule has 0 heterocycles. The minimum atomic E-state index is -0.513. The van der Waals surface area contributed by atoms with E-state index in [4.69, 9.17) is 22.4 Å². The predicted octanol–water partition coefficient (Wildman–Crippen LogP) is 1.49. The van der Waals surface area contributed by atoms with E-state index >= 15 is 0 Å². The van der Waals surface area contributed by atoms with E-state index in [-0.39, 0.29) is 11.6 Å². The van der Waals surface area contributed by atoms with Crippen molar-refractivity contribution < 1.29 is 9.50 Å². The molecule has 1 rings (SSSR count). The van der Waals surface area contributed by atoms with E-state index in [9.17, 15) is 4.39 Å². The van der Waals surface area contributed by atoms with Gasteiger partial charge in [-0.3, -0.25) is 0 Å². The van der Waals surface area contributed by atoms with Gasteiger partial charge in [-0.2, -0.15) is 0 Å². The van der Waals surface area contributed by atoms with Crippen LogP contribution in [-0.4, -0.2) is 25.3 Å². The summed E-state index contributed by atoms with van der Waals surface area (Å²) in [6.07, 6.45) is 0. The molecule has 0 radical (unpaired) electrons. The summed E-state index contributed by atoms with van der Waals surface area (Å²) in [5.41, 5.74) is 6.57. The molecule has 0 saturated heterocycles. The lowest BCUT2D eigenvalue weighted by atomic mass is 10.2. The first-order valence-electron chi connectivity index (χ1n) is 4.12. The molecule has 0 aliphatic heterocycles. The van der Waals surface area contributed by atoms with Gasteiger partial charge in [-0.05, 0) is 6.07 Å². The highest BCUT2D eigenvalue weighted by Crippen LogP contribution is 2.28. The van der Waals surface area contributed by atoms with Gasteiger partial charge in [-0.15, -0.1) is 0 Å². The van der Waals surface area contributed by atoms with E-state index in [2.05, 4.69) is 0 Å². The number of likely N-dealkylation sites (N-methyl/N-ethyl adjacent to an activating group) is 1. The summed E-state index contributed by atoms with van der Waals surface area (Å²) in [5, 5.41) is 8.71. The second-order valence-corrected chi connectivity index (χ2v) is 3.38.